The van der Waals surface area contributed by atoms with Gasteiger partial charge in [0.25, 0.3) is 0 Å². The van der Waals surface area contributed by atoms with E-state index in [4.69, 9.17) is 15.9 Å². The first kappa shape index (κ1) is 74.9. The van der Waals surface area contributed by atoms with Gasteiger partial charge in [-0.25, -0.2) is 8.78 Å². The molecule has 9 aromatic rings. The van der Waals surface area contributed by atoms with Crippen molar-refractivity contribution in [1.29, 1.82) is 0 Å². The molecule has 2 aliphatic heterocycles. The summed E-state index contributed by atoms with van der Waals surface area (Å²) in [5, 5.41) is 32.5. The number of hydrogen-bond acceptors (Lipinski definition) is 14. The molecule has 3 aromatic heterocycles. The number of benzene rings is 6. The summed E-state index contributed by atoms with van der Waals surface area (Å²) in [6.45, 7) is 1.60. The number of aromatic amines is 2. The Morgan fingerprint density at radius 1 is 0.606 bits per heavy atom. The van der Waals surface area contributed by atoms with E-state index in [0.29, 0.717) is 106 Å². The Hall–Kier alpha value is -10.2. The number of nitrogens with one attached hydrogen (secondary N) is 9. The second-order valence-corrected chi connectivity index (χ2v) is 28.9. The number of H-pyrrole nitrogens is 2. The highest BCUT2D eigenvalue weighted by Crippen LogP contribution is 2.35. The molecule has 0 unspecified atom stereocenters. The van der Waals surface area contributed by atoms with Crippen LogP contribution in [0.3, 0.4) is 0 Å². The van der Waals surface area contributed by atoms with Gasteiger partial charge in [0, 0.05) is 113 Å². The average Bonchev–Trinajstić information content (AvgIpc) is 1.61. The van der Waals surface area contributed by atoms with Gasteiger partial charge in [0.2, 0.25) is 53.2 Å². The molecule has 23 nitrogen and oxygen atoms in total. The van der Waals surface area contributed by atoms with E-state index in [2.05, 4.69) is 47.2 Å². The lowest BCUT2D eigenvalue weighted by Crippen LogP contribution is -2.62. The minimum Gasteiger partial charge on any atom is -0.508 e. The number of aromatic hydroxyl groups is 1. The van der Waals surface area contributed by atoms with E-state index in [9.17, 15) is 57.0 Å². The number of halogens is 2. The minimum absolute atomic E-state index is 0.00968. The normalized spacial score (nSPS) is 21.3. The number of furan rings is 1. The lowest BCUT2D eigenvalue weighted by atomic mass is 9.95. The summed E-state index contributed by atoms with van der Waals surface area (Å²) in [5.41, 5.74) is 17.6. The van der Waals surface area contributed by atoms with E-state index in [1.54, 1.807) is 37.5 Å². The Bertz CT molecular complexity index is 4640. The van der Waals surface area contributed by atoms with Crippen molar-refractivity contribution in [3.05, 3.63) is 184 Å². The summed E-state index contributed by atoms with van der Waals surface area (Å²) in [6, 6.07) is 27.7. The molecule has 2 aliphatic rings. The number of aryl methyl sites for hydroxylation is 1. The fourth-order valence-electron chi connectivity index (χ4n) is 13.6. The Morgan fingerprint density at radius 2 is 1.20 bits per heavy atom. The van der Waals surface area contributed by atoms with Crippen molar-refractivity contribution in [3.8, 4) is 5.75 Å². The molecule has 0 saturated carbocycles. The van der Waals surface area contributed by atoms with Crippen molar-refractivity contribution in [2.24, 2.45) is 11.5 Å². The quantitative estimate of drug-likeness (QED) is 0.0564. The zero-order valence-corrected chi connectivity index (χ0v) is 59.3. The molecule has 14 N–H and O–H groups in total. The van der Waals surface area contributed by atoms with Crippen LogP contribution in [0.4, 0.5) is 8.78 Å². The molecular weight excluding hydrogens is 1370 g/mol. The van der Waals surface area contributed by atoms with E-state index in [0.717, 1.165) is 33.0 Å². The zero-order valence-electron chi connectivity index (χ0n) is 57.6. The Labute approximate surface area is 607 Å². The standard InChI is InChI=1S/C77H86F2N12O11S2/c1-77-28-8-31-91(77)75(100)64(34-45-18-22-54(92)23-19-45)88-66(93)17-7-13-48-11-5-14-55-56-15-6-12-49(70(56)102-69(48)55)26-30-82-73(98)62(35-50-39-83-59-24-20-52(78)37-57(50)59)89-74(99)63(36-51-40-84-60-25-21-53(79)38-58(51)60)87-68(95)41-85-72(97)61(16-2-3-29-80)86-67(94)27-32-103-42-46-9-4-10-47(33-46)43-104-44-65(71(81)96)90-76(77)101/h4-6,9-12,14-15,18-25,33,37-40,61-65,83-84,92H,2-3,7-8,13,16-17,26-32,34-36,41-44,80H2,1H3,(H2,81,96)(H,82,98)(H,85,97)(H,86,94)(H,87,95)(H,88,93)(H,89,99)(H,90,101)/t61-,62-,63-,64+,65+,77-/m0/s1. The number of carbonyl (C=O) groups is 9. The number of unbranched alkanes of at least 4 members (excludes halogenated alkanes) is 1. The molecule has 6 atom stereocenters. The zero-order chi connectivity index (χ0) is 73.4. The third kappa shape index (κ3) is 18.9. The van der Waals surface area contributed by atoms with Crippen LogP contribution in [0.15, 0.2) is 138 Å². The molecule has 0 aliphatic carbocycles. The molecule has 546 valence electrons. The number of phenolic OH excluding ortho intramolecular Hbond substituents is 1. The predicted octanol–water partition coefficient (Wildman–Crippen LogP) is 7.35. The molecule has 9 amide bonds. The van der Waals surface area contributed by atoms with Crippen LogP contribution in [0.1, 0.15) is 97.2 Å². The minimum atomic E-state index is -1.42. The number of hydrogen-bond donors (Lipinski definition) is 12. The van der Waals surface area contributed by atoms with Crippen LogP contribution in [0.25, 0.3) is 43.7 Å². The summed E-state index contributed by atoms with van der Waals surface area (Å²) in [4.78, 5) is 135. The number of carbonyl (C=O) groups excluding carboxylic acids is 9. The van der Waals surface area contributed by atoms with Crippen molar-refractivity contribution in [1.82, 2.24) is 52.1 Å². The van der Waals surface area contributed by atoms with Crippen molar-refractivity contribution in [3.63, 3.8) is 0 Å². The fourth-order valence-corrected chi connectivity index (χ4v) is 15.5. The number of nitrogens with two attached hydrogens (primary N) is 2. The molecule has 1 fully saturated rings. The van der Waals surface area contributed by atoms with Gasteiger partial charge in [0.1, 0.15) is 64.3 Å². The average molecular weight is 1460 g/mol. The molecule has 11 rings (SSSR count). The first-order chi connectivity index (χ1) is 50.2. The number of rotatable bonds is 11. The Kier molecular flexibility index (Phi) is 25.1. The monoisotopic (exact) mass is 1460 g/mol. The molecule has 104 heavy (non-hydrogen) atoms. The summed E-state index contributed by atoms with van der Waals surface area (Å²) in [6.07, 6.45) is 5.95. The van der Waals surface area contributed by atoms with Crippen molar-refractivity contribution < 1.29 is 61.5 Å². The first-order valence-electron chi connectivity index (χ1n) is 35.0. The first-order valence-corrected chi connectivity index (χ1v) is 37.3. The van der Waals surface area contributed by atoms with Crippen LogP contribution in [0.5, 0.6) is 5.75 Å². The van der Waals surface area contributed by atoms with Crippen molar-refractivity contribution in [2.75, 3.05) is 37.7 Å². The van der Waals surface area contributed by atoms with Crippen molar-refractivity contribution in [2.45, 2.75) is 138 Å². The summed E-state index contributed by atoms with van der Waals surface area (Å²) in [5.74, 6) is -5.06. The summed E-state index contributed by atoms with van der Waals surface area (Å²) < 4.78 is 36.4. The third-order valence-corrected chi connectivity index (χ3v) is 21.3. The molecule has 1 saturated heterocycles. The SMILES string of the molecule is C[C@@]12CCCN1C(=O)[C@@H](Cc1ccc(O)cc1)NC(=O)CCCc1cccc3c1oc1c(cccc13)CCNC(=O)[C@H](Cc1c[nH]c3ccc(F)cc13)NC(=O)[C@H](Cc1c[nH]c3ccc(F)cc13)NC(=O)CNC(=O)[C@H](CCCCN)NC(=O)CCSCc1cccc(c1)CSC[C@H](C(N)=O)NC2=O. The van der Waals surface area contributed by atoms with Crippen LogP contribution in [-0.2, 0) is 86.8 Å². The molecule has 5 heterocycles. The number of aromatic nitrogens is 2. The number of para-hydroxylation sites is 2. The number of phenols is 1. The molecule has 4 bridgehead atoms. The van der Waals surface area contributed by atoms with Gasteiger partial charge in [-0.05, 0) is 152 Å². The van der Waals surface area contributed by atoms with Crippen LogP contribution in [-0.4, -0.2) is 147 Å². The van der Waals surface area contributed by atoms with E-state index in [-0.39, 0.29) is 76.0 Å². The van der Waals surface area contributed by atoms with Crippen LogP contribution < -0.4 is 48.7 Å². The highest BCUT2D eigenvalue weighted by atomic mass is 32.2. The molecule has 27 heteroatoms. The van der Waals surface area contributed by atoms with Crippen LogP contribution in [0, 0.1) is 11.6 Å². The fraction of sp³-hybridized carbons (Fsp3) is 0.364. The summed E-state index contributed by atoms with van der Waals surface area (Å²) >= 11 is 2.89. The topological polar surface area (TPSA) is 358 Å². The molecule has 6 aromatic carbocycles. The van der Waals surface area contributed by atoms with Gasteiger partial charge < -0.3 is 73.1 Å². The van der Waals surface area contributed by atoms with Crippen molar-refractivity contribution >= 4 is 120 Å². The maximum atomic E-state index is 14.9. The number of amides is 9. The van der Waals surface area contributed by atoms with Crippen LogP contribution >= 0.6 is 23.5 Å². The summed E-state index contributed by atoms with van der Waals surface area (Å²) in [7, 11) is 0. The number of nitrogens with zero attached hydrogens (tertiary/aromatic N) is 1. The maximum Gasteiger partial charge on any atom is 0.246 e. The Balaban J connectivity index is 0.859. The van der Waals surface area contributed by atoms with E-state index < -0.39 is 107 Å². The molecular formula is C77H86F2N12O11S2. The predicted molar refractivity (Wildman–Crippen MR) is 397 cm³/mol. The van der Waals surface area contributed by atoms with E-state index in [1.165, 1.54) is 70.9 Å². The second-order valence-electron chi connectivity index (χ2n) is 26.7. The van der Waals surface area contributed by atoms with E-state index >= 15 is 0 Å². The maximum absolute atomic E-state index is 14.9. The van der Waals surface area contributed by atoms with Gasteiger partial charge in [0.05, 0.1) is 6.54 Å². The Morgan fingerprint density at radius 3 is 1.86 bits per heavy atom. The van der Waals surface area contributed by atoms with Gasteiger partial charge in [-0.15, -0.1) is 0 Å². The molecule has 0 spiro atoms. The van der Waals surface area contributed by atoms with Gasteiger partial charge in [-0.3, -0.25) is 43.2 Å². The second kappa shape index (κ2) is 34.8. The van der Waals surface area contributed by atoms with Gasteiger partial charge >= 0.3 is 0 Å². The lowest BCUT2D eigenvalue weighted by Gasteiger charge is -2.37. The lowest BCUT2D eigenvalue weighted by molar-refractivity contribution is -0.147. The van der Waals surface area contributed by atoms with Gasteiger partial charge in [-0.2, -0.15) is 23.5 Å². The number of thioether (sulfide) groups is 2. The smallest absolute Gasteiger partial charge is 0.246 e. The number of primary amides is 1. The third-order valence-electron chi connectivity index (χ3n) is 19.2. The van der Waals surface area contributed by atoms with Gasteiger partial charge in [0.15, 0.2) is 0 Å². The molecule has 0 radical (unpaired) electrons. The van der Waals surface area contributed by atoms with Crippen LogP contribution in [0.2, 0.25) is 0 Å². The van der Waals surface area contributed by atoms with Gasteiger partial charge in [-0.1, -0.05) is 72.8 Å². The highest BCUT2D eigenvalue weighted by molar-refractivity contribution is 7.98. The number of fused-ring (bicyclic) bond motifs is 6. The largest absolute Gasteiger partial charge is 0.508 e. The highest BCUT2D eigenvalue weighted by Gasteiger charge is 2.48. The van der Waals surface area contributed by atoms with E-state index in [1.807, 2.05) is 60.7 Å².